The van der Waals surface area contributed by atoms with E-state index in [2.05, 4.69) is 5.32 Å². The topological polar surface area (TPSA) is 41.6 Å². The zero-order valence-electron chi connectivity index (χ0n) is 11.3. The largest absolute Gasteiger partial charge is 0.455 e. The number of nitrogens with one attached hydrogen (secondary N) is 1. The van der Waals surface area contributed by atoms with E-state index in [-0.39, 0.29) is 6.03 Å². The summed E-state index contributed by atoms with van der Waals surface area (Å²) < 4.78 is 5.75. The van der Waals surface area contributed by atoms with Gasteiger partial charge in [0.25, 0.3) is 0 Å². The highest BCUT2D eigenvalue weighted by molar-refractivity contribution is 6.30. The van der Waals surface area contributed by atoms with Crippen molar-refractivity contribution in [1.29, 1.82) is 0 Å². The number of amides is 2. The Morgan fingerprint density at radius 1 is 1.15 bits per heavy atom. The van der Waals surface area contributed by atoms with Crippen LogP contribution < -0.4 is 10.1 Å². The second-order valence-corrected chi connectivity index (χ2v) is 4.82. The second kappa shape index (κ2) is 6.30. The molecule has 0 aliphatic carbocycles. The van der Waals surface area contributed by atoms with Crippen molar-refractivity contribution in [2.75, 3.05) is 19.4 Å². The first kappa shape index (κ1) is 14.2. The first-order valence-electron chi connectivity index (χ1n) is 6.07. The first-order chi connectivity index (χ1) is 9.56. The fourth-order valence-electron chi connectivity index (χ4n) is 1.53. The van der Waals surface area contributed by atoms with Crippen LogP contribution in [0.5, 0.6) is 11.5 Å². The van der Waals surface area contributed by atoms with Crippen LogP contribution in [0.1, 0.15) is 0 Å². The van der Waals surface area contributed by atoms with Gasteiger partial charge in [-0.05, 0) is 24.3 Å². The van der Waals surface area contributed by atoms with Gasteiger partial charge in [0.1, 0.15) is 5.75 Å². The normalized spacial score (nSPS) is 9.95. The van der Waals surface area contributed by atoms with E-state index in [1.807, 2.05) is 30.3 Å². The number of anilines is 1. The molecule has 0 aliphatic rings. The lowest BCUT2D eigenvalue weighted by atomic mass is 10.3. The molecule has 1 N–H and O–H groups in total. The van der Waals surface area contributed by atoms with Gasteiger partial charge in [-0.15, -0.1) is 0 Å². The highest BCUT2D eigenvalue weighted by Gasteiger charge is 2.10. The summed E-state index contributed by atoms with van der Waals surface area (Å²) in [5.41, 5.74) is 0.567. The molecule has 5 heteroatoms. The van der Waals surface area contributed by atoms with Gasteiger partial charge in [-0.2, -0.15) is 0 Å². The fourth-order valence-corrected chi connectivity index (χ4v) is 1.69. The summed E-state index contributed by atoms with van der Waals surface area (Å²) in [6.45, 7) is 0. The predicted octanol–water partition coefficient (Wildman–Crippen LogP) is 4.23. The maximum atomic E-state index is 11.7. The number of halogens is 1. The van der Waals surface area contributed by atoms with Crippen LogP contribution in [-0.4, -0.2) is 25.0 Å². The Kier molecular flexibility index (Phi) is 4.48. The Labute approximate surface area is 122 Å². The van der Waals surface area contributed by atoms with Crippen LogP contribution in [0.4, 0.5) is 10.5 Å². The standard InChI is InChI=1S/C15H15ClN2O2/c1-18(2)15(19)17-13-9-8-11(16)10-14(13)20-12-6-4-3-5-7-12/h3-10H,1-2H3,(H,17,19). The molecule has 0 fully saturated rings. The molecule has 2 amide bonds. The third kappa shape index (κ3) is 3.65. The summed E-state index contributed by atoms with van der Waals surface area (Å²) in [6, 6.07) is 14.2. The number of carbonyl (C=O) groups excluding carboxylic acids is 1. The molecule has 4 nitrogen and oxygen atoms in total. The third-order valence-corrected chi connectivity index (χ3v) is 2.80. The molecule has 0 radical (unpaired) electrons. The van der Waals surface area contributed by atoms with Crippen LogP contribution in [0.15, 0.2) is 48.5 Å². The molecule has 0 saturated carbocycles. The number of benzene rings is 2. The molecule has 104 valence electrons. The van der Waals surface area contributed by atoms with E-state index in [4.69, 9.17) is 16.3 Å². The number of para-hydroxylation sites is 1. The van der Waals surface area contributed by atoms with E-state index < -0.39 is 0 Å². The van der Waals surface area contributed by atoms with E-state index >= 15 is 0 Å². The van der Waals surface area contributed by atoms with Gasteiger partial charge in [0, 0.05) is 25.2 Å². The first-order valence-corrected chi connectivity index (χ1v) is 6.45. The summed E-state index contributed by atoms with van der Waals surface area (Å²) in [4.78, 5) is 13.2. The van der Waals surface area contributed by atoms with Crippen molar-refractivity contribution in [3.05, 3.63) is 53.6 Å². The number of hydrogen-bond donors (Lipinski definition) is 1. The number of hydrogen-bond acceptors (Lipinski definition) is 2. The Bertz CT molecular complexity index is 600. The smallest absolute Gasteiger partial charge is 0.321 e. The molecule has 20 heavy (non-hydrogen) atoms. The van der Waals surface area contributed by atoms with Gasteiger partial charge >= 0.3 is 6.03 Å². The van der Waals surface area contributed by atoms with Crippen molar-refractivity contribution in [2.24, 2.45) is 0 Å². The van der Waals surface area contributed by atoms with Crippen LogP contribution in [0.25, 0.3) is 0 Å². The molecular weight excluding hydrogens is 276 g/mol. The van der Waals surface area contributed by atoms with E-state index in [1.165, 1.54) is 4.90 Å². The van der Waals surface area contributed by atoms with Crippen molar-refractivity contribution in [3.8, 4) is 11.5 Å². The van der Waals surface area contributed by atoms with Gasteiger partial charge in [-0.25, -0.2) is 4.79 Å². The zero-order valence-corrected chi connectivity index (χ0v) is 12.0. The van der Waals surface area contributed by atoms with Crippen LogP contribution in [0.3, 0.4) is 0 Å². The summed E-state index contributed by atoms with van der Waals surface area (Å²) in [7, 11) is 3.34. The quantitative estimate of drug-likeness (QED) is 0.919. The van der Waals surface area contributed by atoms with Crippen molar-refractivity contribution in [3.63, 3.8) is 0 Å². The lowest BCUT2D eigenvalue weighted by Crippen LogP contribution is -2.27. The molecule has 2 aromatic carbocycles. The molecule has 0 bridgehead atoms. The molecule has 0 aromatic heterocycles. The Morgan fingerprint density at radius 3 is 2.50 bits per heavy atom. The van der Waals surface area contributed by atoms with Crippen LogP contribution in [0, 0.1) is 0 Å². The van der Waals surface area contributed by atoms with E-state index in [0.717, 1.165) is 0 Å². The molecule has 2 rings (SSSR count). The molecule has 2 aromatic rings. The average molecular weight is 291 g/mol. The van der Waals surface area contributed by atoms with Crippen LogP contribution in [-0.2, 0) is 0 Å². The van der Waals surface area contributed by atoms with Gasteiger partial charge in [-0.3, -0.25) is 0 Å². The molecule has 0 heterocycles. The molecule has 0 saturated heterocycles. The van der Waals surface area contributed by atoms with Gasteiger partial charge < -0.3 is 15.0 Å². The molecule has 0 spiro atoms. The van der Waals surface area contributed by atoms with E-state index in [9.17, 15) is 4.79 Å². The van der Waals surface area contributed by atoms with E-state index in [1.54, 1.807) is 32.3 Å². The van der Waals surface area contributed by atoms with Crippen molar-refractivity contribution in [1.82, 2.24) is 4.90 Å². The Balaban J connectivity index is 2.26. The number of nitrogens with zero attached hydrogens (tertiary/aromatic N) is 1. The van der Waals surface area contributed by atoms with E-state index in [0.29, 0.717) is 22.2 Å². The van der Waals surface area contributed by atoms with Gasteiger partial charge in [0.15, 0.2) is 5.75 Å². The maximum Gasteiger partial charge on any atom is 0.321 e. The number of urea groups is 1. The summed E-state index contributed by atoms with van der Waals surface area (Å²) >= 11 is 5.98. The van der Waals surface area contributed by atoms with Gasteiger partial charge in [-0.1, -0.05) is 29.8 Å². The second-order valence-electron chi connectivity index (χ2n) is 4.38. The minimum absolute atomic E-state index is 0.231. The summed E-state index contributed by atoms with van der Waals surface area (Å²) in [5.74, 6) is 1.18. The highest BCUT2D eigenvalue weighted by Crippen LogP contribution is 2.32. The fraction of sp³-hybridized carbons (Fsp3) is 0.133. The predicted molar refractivity (Wildman–Crippen MR) is 80.7 cm³/mol. The molecular formula is C15H15ClN2O2. The van der Waals surface area contributed by atoms with Crippen molar-refractivity contribution in [2.45, 2.75) is 0 Å². The summed E-state index contributed by atoms with van der Waals surface area (Å²) in [6.07, 6.45) is 0. The molecule has 0 aliphatic heterocycles. The van der Waals surface area contributed by atoms with Crippen LogP contribution in [0.2, 0.25) is 5.02 Å². The highest BCUT2D eigenvalue weighted by atomic mass is 35.5. The number of rotatable bonds is 3. The number of carbonyl (C=O) groups is 1. The zero-order chi connectivity index (χ0) is 14.5. The lowest BCUT2D eigenvalue weighted by molar-refractivity contribution is 0.230. The Hall–Kier alpha value is -2.20. The van der Waals surface area contributed by atoms with Crippen molar-refractivity contribution < 1.29 is 9.53 Å². The average Bonchev–Trinajstić information content (AvgIpc) is 2.42. The minimum Gasteiger partial charge on any atom is -0.455 e. The Morgan fingerprint density at radius 2 is 1.85 bits per heavy atom. The SMILES string of the molecule is CN(C)C(=O)Nc1ccc(Cl)cc1Oc1ccccc1. The minimum atomic E-state index is -0.231. The number of ether oxygens (including phenoxy) is 1. The summed E-state index contributed by atoms with van der Waals surface area (Å²) in [5, 5.41) is 3.30. The maximum absolute atomic E-state index is 11.7. The lowest BCUT2D eigenvalue weighted by Gasteiger charge is -2.15. The van der Waals surface area contributed by atoms with Crippen LogP contribution >= 0.6 is 11.6 Å². The van der Waals surface area contributed by atoms with Gasteiger partial charge in [0.2, 0.25) is 0 Å². The molecule has 0 unspecified atom stereocenters. The third-order valence-electron chi connectivity index (χ3n) is 2.56. The monoisotopic (exact) mass is 290 g/mol. The van der Waals surface area contributed by atoms with Crippen molar-refractivity contribution >= 4 is 23.3 Å². The van der Waals surface area contributed by atoms with Gasteiger partial charge in [0.05, 0.1) is 5.69 Å². The molecule has 0 atom stereocenters.